The third-order valence-corrected chi connectivity index (χ3v) is 9.60. The summed E-state index contributed by atoms with van der Waals surface area (Å²) in [5, 5.41) is 2.54. The lowest BCUT2D eigenvalue weighted by molar-refractivity contribution is 0.658. The highest BCUT2D eigenvalue weighted by atomic mass is 15.0. The Morgan fingerprint density at radius 1 is 0.478 bits per heavy atom. The molecule has 0 saturated carbocycles. The molecule has 2 heterocycles. The van der Waals surface area contributed by atoms with Crippen molar-refractivity contribution in [1.29, 1.82) is 0 Å². The fourth-order valence-corrected chi connectivity index (χ4v) is 7.39. The summed E-state index contributed by atoms with van der Waals surface area (Å²) >= 11 is 0. The van der Waals surface area contributed by atoms with E-state index in [-0.39, 0.29) is 5.41 Å². The first-order chi connectivity index (χ1) is 22.6. The molecule has 218 valence electrons. The van der Waals surface area contributed by atoms with E-state index in [0.717, 1.165) is 34.0 Å². The molecule has 0 aliphatic heterocycles. The smallest absolute Gasteiger partial charge is 0.160 e. The minimum atomic E-state index is -0.216. The second-order valence-corrected chi connectivity index (χ2v) is 12.7. The summed E-state index contributed by atoms with van der Waals surface area (Å²) in [7, 11) is 0. The normalized spacial score (nSPS) is 13.2. The van der Waals surface area contributed by atoms with Crippen LogP contribution < -0.4 is 0 Å². The number of fused-ring (bicyclic) bond motifs is 6. The van der Waals surface area contributed by atoms with E-state index in [2.05, 4.69) is 152 Å². The van der Waals surface area contributed by atoms with Gasteiger partial charge in [0.05, 0.1) is 22.4 Å². The summed E-state index contributed by atoms with van der Waals surface area (Å²) in [6, 6.07) is 54.0. The number of para-hydroxylation sites is 2. The number of rotatable bonds is 4. The van der Waals surface area contributed by atoms with Gasteiger partial charge in [-0.1, -0.05) is 141 Å². The Morgan fingerprint density at radius 2 is 1.07 bits per heavy atom. The van der Waals surface area contributed by atoms with Gasteiger partial charge in [-0.3, -0.25) is 0 Å². The molecule has 0 N–H and O–H groups in total. The SMILES string of the molecule is CC1(C)c2ccccc2-c2nc(-c3ccccc3)nc(-c3ccc(-c4cccc(-n5c6ccccc6c6ccccc65)c4)cc3)c21. The average Bonchev–Trinajstić information content (AvgIpc) is 3.57. The van der Waals surface area contributed by atoms with E-state index in [0.29, 0.717) is 0 Å². The third kappa shape index (κ3) is 3.98. The fourth-order valence-electron chi connectivity index (χ4n) is 7.39. The monoisotopic (exact) mass is 589 g/mol. The summed E-state index contributed by atoms with van der Waals surface area (Å²) in [6.45, 7) is 4.59. The maximum absolute atomic E-state index is 5.26. The van der Waals surface area contributed by atoms with E-state index in [1.807, 2.05) is 18.2 Å². The second kappa shape index (κ2) is 10.1. The number of nitrogens with zero attached hydrogens (tertiary/aromatic N) is 3. The highest BCUT2D eigenvalue weighted by molar-refractivity contribution is 6.09. The van der Waals surface area contributed by atoms with Gasteiger partial charge in [0, 0.05) is 44.1 Å². The van der Waals surface area contributed by atoms with Gasteiger partial charge in [-0.15, -0.1) is 0 Å². The van der Waals surface area contributed by atoms with Gasteiger partial charge in [0.25, 0.3) is 0 Å². The molecule has 9 rings (SSSR count). The Bertz CT molecular complexity index is 2380. The minimum Gasteiger partial charge on any atom is -0.309 e. The predicted octanol–water partition coefficient (Wildman–Crippen LogP) is 10.9. The molecule has 0 atom stereocenters. The van der Waals surface area contributed by atoms with Crippen molar-refractivity contribution in [3.8, 4) is 50.7 Å². The van der Waals surface area contributed by atoms with Crippen LogP contribution in [0.25, 0.3) is 72.5 Å². The number of benzene rings is 6. The molecule has 3 heteroatoms. The lowest BCUT2D eigenvalue weighted by Crippen LogP contribution is -2.17. The molecule has 3 nitrogen and oxygen atoms in total. The maximum atomic E-state index is 5.26. The summed E-state index contributed by atoms with van der Waals surface area (Å²) in [5.41, 5.74) is 13.5. The Morgan fingerprint density at radius 3 is 1.80 bits per heavy atom. The fraction of sp³-hybridized carbons (Fsp3) is 0.0698. The van der Waals surface area contributed by atoms with Gasteiger partial charge in [-0.05, 0) is 41.0 Å². The Balaban J connectivity index is 1.17. The van der Waals surface area contributed by atoms with Crippen molar-refractivity contribution in [1.82, 2.24) is 14.5 Å². The first kappa shape index (κ1) is 26.6. The van der Waals surface area contributed by atoms with Crippen LogP contribution in [0.2, 0.25) is 0 Å². The van der Waals surface area contributed by atoms with E-state index in [1.54, 1.807) is 0 Å². The molecular weight excluding hydrogens is 558 g/mol. The zero-order chi connectivity index (χ0) is 30.8. The summed E-state index contributed by atoms with van der Waals surface area (Å²) in [6.07, 6.45) is 0. The molecule has 0 amide bonds. The molecule has 0 fully saturated rings. The molecular formula is C43H31N3. The first-order valence-corrected chi connectivity index (χ1v) is 15.9. The van der Waals surface area contributed by atoms with Crippen LogP contribution in [-0.2, 0) is 5.41 Å². The largest absolute Gasteiger partial charge is 0.309 e. The summed E-state index contributed by atoms with van der Waals surface area (Å²) in [5.74, 6) is 0.754. The zero-order valence-corrected chi connectivity index (χ0v) is 25.8. The molecule has 2 aromatic heterocycles. The van der Waals surface area contributed by atoms with Gasteiger partial charge < -0.3 is 4.57 Å². The first-order valence-electron chi connectivity index (χ1n) is 15.9. The van der Waals surface area contributed by atoms with Crippen molar-refractivity contribution in [2.75, 3.05) is 0 Å². The highest BCUT2D eigenvalue weighted by Gasteiger charge is 2.39. The molecule has 8 aromatic rings. The van der Waals surface area contributed by atoms with Crippen molar-refractivity contribution in [2.24, 2.45) is 0 Å². The second-order valence-electron chi connectivity index (χ2n) is 12.7. The molecule has 0 radical (unpaired) electrons. The molecule has 0 spiro atoms. The van der Waals surface area contributed by atoms with Crippen LogP contribution in [0.15, 0.2) is 152 Å². The molecule has 0 saturated heterocycles. The van der Waals surface area contributed by atoms with Crippen LogP contribution in [0, 0.1) is 0 Å². The van der Waals surface area contributed by atoms with E-state index in [1.165, 1.54) is 49.6 Å². The Kier molecular flexibility index (Phi) is 5.85. The number of aromatic nitrogens is 3. The van der Waals surface area contributed by atoms with E-state index in [4.69, 9.17) is 9.97 Å². The molecule has 0 unspecified atom stereocenters. The van der Waals surface area contributed by atoms with Crippen LogP contribution >= 0.6 is 0 Å². The predicted molar refractivity (Wildman–Crippen MR) is 190 cm³/mol. The van der Waals surface area contributed by atoms with Crippen LogP contribution in [0.1, 0.15) is 25.0 Å². The lowest BCUT2D eigenvalue weighted by Gasteiger charge is -2.24. The number of hydrogen-bond acceptors (Lipinski definition) is 2. The van der Waals surface area contributed by atoms with Crippen molar-refractivity contribution in [2.45, 2.75) is 19.3 Å². The van der Waals surface area contributed by atoms with Gasteiger partial charge in [0.2, 0.25) is 0 Å². The van der Waals surface area contributed by atoms with Gasteiger partial charge in [-0.25, -0.2) is 9.97 Å². The quantitative estimate of drug-likeness (QED) is 0.204. The average molecular weight is 590 g/mol. The molecule has 46 heavy (non-hydrogen) atoms. The number of hydrogen-bond donors (Lipinski definition) is 0. The zero-order valence-electron chi connectivity index (χ0n) is 25.8. The van der Waals surface area contributed by atoms with Crippen LogP contribution in [0.5, 0.6) is 0 Å². The Hall–Kier alpha value is -5.80. The summed E-state index contributed by atoms with van der Waals surface area (Å²) < 4.78 is 2.37. The third-order valence-electron chi connectivity index (χ3n) is 9.60. The van der Waals surface area contributed by atoms with Crippen molar-refractivity contribution >= 4 is 21.8 Å². The lowest BCUT2D eigenvalue weighted by atomic mass is 9.80. The van der Waals surface area contributed by atoms with Crippen LogP contribution in [0.4, 0.5) is 0 Å². The van der Waals surface area contributed by atoms with Gasteiger partial charge in [-0.2, -0.15) is 0 Å². The highest BCUT2D eigenvalue weighted by Crippen LogP contribution is 2.51. The van der Waals surface area contributed by atoms with Crippen LogP contribution in [-0.4, -0.2) is 14.5 Å². The topological polar surface area (TPSA) is 30.7 Å². The minimum absolute atomic E-state index is 0.216. The summed E-state index contributed by atoms with van der Waals surface area (Å²) in [4.78, 5) is 10.4. The van der Waals surface area contributed by atoms with E-state index in [9.17, 15) is 0 Å². The van der Waals surface area contributed by atoms with Gasteiger partial charge in [0.1, 0.15) is 0 Å². The van der Waals surface area contributed by atoms with Crippen molar-refractivity contribution in [3.63, 3.8) is 0 Å². The van der Waals surface area contributed by atoms with Crippen LogP contribution in [0.3, 0.4) is 0 Å². The molecule has 6 aromatic carbocycles. The van der Waals surface area contributed by atoms with E-state index >= 15 is 0 Å². The molecule has 1 aliphatic carbocycles. The Labute approximate surface area is 268 Å². The molecule has 0 bridgehead atoms. The van der Waals surface area contributed by atoms with Crippen molar-refractivity contribution < 1.29 is 0 Å². The van der Waals surface area contributed by atoms with Crippen molar-refractivity contribution in [3.05, 3.63) is 163 Å². The molecule has 1 aliphatic rings. The van der Waals surface area contributed by atoms with Gasteiger partial charge >= 0.3 is 0 Å². The van der Waals surface area contributed by atoms with Gasteiger partial charge in [0.15, 0.2) is 5.82 Å². The standard InChI is InChI=1S/C43H31N3/c1-43(2)36-20-9-6-19-35(36)41-39(43)40(44-42(45-41)30-13-4-3-5-14-30)29-25-23-28(24-26-29)31-15-12-16-32(27-31)46-37-21-10-7-17-33(37)34-18-8-11-22-38(34)46/h3-27H,1-2H3. The van der Waals surface area contributed by atoms with E-state index < -0.39 is 0 Å². The maximum Gasteiger partial charge on any atom is 0.160 e.